The molecule has 3 nitrogen and oxygen atoms in total. The fourth-order valence-corrected chi connectivity index (χ4v) is 1.56. The minimum Gasteiger partial charge on any atom is -0.279 e. The summed E-state index contributed by atoms with van der Waals surface area (Å²) in [6.07, 6.45) is 0. The standard InChI is InChI=1S/C2H8N3PS/c3-6(4,7)5-1-2-5/h1-2H2,(H4,3,4,7). The van der Waals surface area contributed by atoms with Gasteiger partial charge in [-0.05, 0) is 11.8 Å². The zero-order valence-corrected chi connectivity index (χ0v) is 5.58. The lowest BCUT2D eigenvalue weighted by Gasteiger charge is -2.07. The summed E-state index contributed by atoms with van der Waals surface area (Å²) in [7, 11) is 0. The monoisotopic (exact) mass is 137 g/mol. The molecule has 0 spiro atoms. The second-order valence-corrected chi connectivity index (χ2v) is 5.29. The quantitative estimate of drug-likeness (QED) is 0.376. The van der Waals surface area contributed by atoms with E-state index in [9.17, 15) is 0 Å². The van der Waals surface area contributed by atoms with Crippen LogP contribution in [0.25, 0.3) is 0 Å². The maximum absolute atomic E-state index is 5.37. The van der Waals surface area contributed by atoms with E-state index in [-0.39, 0.29) is 0 Å². The molecule has 1 aliphatic rings. The Labute approximate surface area is 47.8 Å². The Balaban J connectivity index is 2.52. The Morgan fingerprint density at radius 1 is 1.43 bits per heavy atom. The summed E-state index contributed by atoms with van der Waals surface area (Å²) in [4.78, 5) is 0. The molecule has 7 heavy (non-hydrogen) atoms. The van der Waals surface area contributed by atoms with Crippen LogP contribution in [-0.2, 0) is 11.8 Å². The van der Waals surface area contributed by atoms with Crippen LogP contribution in [0.1, 0.15) is 0 Å². The number of nitrogens with two attached hydrogens (primary N) is 2. The summed E-state index contributed by atoms with van der Waals surface area (Å²) < 4.78 is 1.92. The average Bonchev–Trinajstić information content (AvgIpc) is 1.99. The van der Waals surface area contributed by atoms with E-state index in [1.165, 1.54) is 0 Å². The van der Waals surface area contributed by atoms with Gasteiger partial charge >= 0.3 is 0 Å². The van der Waals surface area contributed by atoms with Crippen LogP contribution >= 0.6 is 6.49 Å². The summed E-state index contributed by atoms with van der Waals surface area (Å²) >= 11 is 4.76. The van der Waals surface area contributed by atoms with Crippen LogP contribution in [0, 0.1) is 0 Å². The van der Waals surface area contributed by atoms with E-state index in [4.69, 9.17) is 22.8 Å². The predicted molar refractivity (Wildman–Crippen MR) is 34.2 cm³/mol. The molecule has 0 aromatic carbocycles. The van der Waals surface area contributed by atoms with Crippen molar-refractivity contribution >= 4 is 18.3 Å². The third-order valence-corrected chi connectivity index (χ3v) is 2.84. The van der Waals surface area contributed by atoms with Crippen molar-refractivity contribution < 1.29 is 0 Å². The second-order valence-electron chi connectivity index (χ2n) is 1.63. The summed E-state index contributed by atoms with van der Waals surface area (Å²) in [5, 5.41) is 0. The molecule has 0 radical (unpaired) electrons. The number of rotatable bonds is 1. The lowest BCUT2D eigenvalue weighted by atomic mass is 11.0. The Kier molecular flexibility index (Phi) is 1.22. The molecule has 1 saturated heterocycles. The smallest absolute Gasteiger partial charge is 0.135 e. The summed E-state index contributed by atoms with van der Waals surface area (Å²) in [5.74, 6) is 0. The van der Waals surface area contributed by atoms with Crippen molar-refractivity contribution in [1.82, 2.24) is 4.67 Å². The fourth-order valence-electron chi connectivity index (χ4n) is 0.357. The highest BCUT2D eigenvalue weighted by molar-refractivity contribution is 8.11. The second kappa shape index (κ2) is 1.50. The molecule has 4 N–H and O–H groups in total. The Morgan fingerprint density at radius 2 is 1.86 bits per heavy atom. The van der Waals surface area contributed by atoms with Crippen LogP contribution in [0.15, 0.2) is 0 Å². The van der Waals surface area contributed by atoms with Gasteiger partial charge in [-0.25, -0.2) is 4.67 Å². The van der Waals surface area contributed by atoms with Crippen molar-refractivity contribution in [3.63, 3.8) is 0 Å². The van der Waals surface area contributed by atoms with Gasteiger partial charge in [-0.1, -0.05) is 0 Å². The Morgan fingerprint density at radius 3 is 1.86 bits per heavy atom. The van der Waals surface area contributed by atoms with E-state index in [1.807, 2.05) is 4.67 Å². The third-order valence-electron chi connectivity index (χ3n) is 0.866. The van der Waals surface area contributed by atoms with Crippen molar-refractivity contribution in [1.29, 1.82) is 0 Å². The topological polar surface area (TPSA) is 55.0 Å². The van der Waals surface area contributed by atoms with Gasteiger partial charge in [0, 0.05) is 13.1 Å². The minimum absolute atomic E-state index is 1.00. The van der Waals surface area contributed by atoms with Crippen LogP contribution in [-0.4, -0.2) is 17.8 Å². The van der Waals surface area contributed by atoms with E-state index in [0.717, 1.165) is 13.1 Å². The van der Waals surface area contributed by atoms with E-state index < -0.39 is 6.49 Å². The molecule has 0 bridgehead atoms. The maximum atomic E-state index is 5.37. The van der Waals surface area contributed by atoms with E-state index >= 15 is 0 Å². The third kappa shape index (κ3) is 1.48. The lowest BCUT2D eigenvalue weighted by Crippen LogP contribution is -2.11. The van der Waals surface area contributed by atoms with Crippen molar-refractivity contribution in [3.05, 3.63) is 0 Å². The van der Waals surface area contributed by atoms with Gasteiger partial charge < -0.3 is 0 Å². The number of nitrogens with zero attached hydrogens (tertiary/aromatic N) is 1. The molecule has 0 atom stereocenters. The van der Waals surface area contributed by atoms with E-state index in [1.54, 1.807) is 0 Å². The van der Waals surface area contributed by atoms with E-state index in [0.29, 0.717) is 0 Å². The maximum Gasteiger partial charge on any atom is 0.135 e. The summed E-state index contributed by atoms with van der Waals surface area (Å²) in [6.45, 7) is 0.0486. The lowest BCUT2D eigenvalue weighted by molar-refractivity contribution is 0.911. The van der Waals surface area contributed by atoms with Crippen LogP contribution in [0.2, 0.25) is 0 Å². The van der Waals surface area contributed by atoms with Gasteiger partial charge in [0.1, 0.15) is 6.49 Å². The first-order valence-electron chi connectivity index (χ1n) is 2.03. The molecule has 0 amide bonds. The van der Waals surface area contributed by atoms with Crippen molar-refractivity contribution in [2.24, 2.45) is 11.0 Å². The molecule has 1 rings (SSSR count). The zero-order chi connectivity index (χ0) is 5.49. The molecule has 0 aliphatic carbocycles. The first-order chi connectivity index (χ1) is 3.11. The molecule has 42 valence electrons. The Bertz CT molecular complexity index is 114. The van der Waals surface area contributed by atoms with Crippen LogP contribution < -0.4 is 11.0 Å². The number of hydrogen-bond acceptors (Lipinski definition) is 1. The average molecular weight is 137 g/mol. The Hall–Kier alpha value is 0.530. The first-order valence-corrected chi connectivity index (χ1v) is 4.92. The normalized spacial score (nSPS) is 22.6. The van der Waals surface area contributed by atoms with Crippen molar-refractivity contribution in [3.8, 4) is 0 Å². The van der Waals surface area contributed by atoms with Gasteiger partial charge in [0.15, 0.2) is 0 Å². The molecule has 0 saturated carbocycles. The van der Waals surface area contributed by atoms with Crippen molar-refractivity contribution in [2.45, 2.75) is 0 Å². The summed E-state index contributed by atoms with van der Waals surface area (Å²) in [6, 6.07) is 0. The van der Waals surface area contributed by atoms with E-state index in [2.05, 4.69) is 0 Å². The van der Waals surface area contributed by atoms with Gasteiger partial charge in [0.25, 0.3) is 0 Å². The largest absolute Gasteiger partial charge is 0.279 e. The van der Waals surface area contributed by atoms with Gasteiger partial charge in [-0.15, -0.1) is 0 Å². The molecule has 0 aromatic heterocycles. The van der Waals surface area contributed by atoms with Crippen molar-refractivity contribution in [2.75, 3.05) is 13.1 Å². The van der Waals surface area contributed by atoms with Gasteiger partial charge in [-0.3, -0.25) is 11.0 Å². The SMILES string of the molecule is NP(N)(=S)N1CC1. The molecule has 1 heterocycles. The molecule has 1 aliphatic heterocycles. The molecular formula is C2H8N3PS. The zero-order valence-electron chi connectivity index (χ0n) is 3.87. The molecule has 5 heteroatoms. The fraction of sp³-hybridized carbons (Fsp3) is 1.00. The van der Waals surface area contributed by atoms with Gasteiger partial charge in [0.2, 0.25) is 0 Å². The molecule has 0 aromatic rings. The predicted octanol–water partition coefficient (Wildman–Crippen LogP) is -0.556. The van der Waals surface area contributed by atoms with Crippen LogP contribution in [0.5, 0.6) is 0 Å². The number of hydrogen-bond donors (Lipinski definition) is 2. The summed E-state index contributed by atoms with van der Waals surface area (Å²) in [5.41, 5.74) is 10.7. The first kappa shape index (κ1) is 5.66. The highest BCUT2D eigenvalue weighted by Gasteiger charge is 2.26. The van der Waals surface area contributed by atoms with Gasteiger partial charge in [-0.2, -0.15) is 0 Å². The highest BCUT2D eigenvalue weighted by Crippen LogP contribution is 2.37. The molecule has 0 unspecified atom stereocenters. The van der Waals surface area contributed by atoms with Crippen LogP contribution in [0.3, 0.4) is 0 Å². The molecular weight excluding hydrogens is 129 g/mol. The minimum atomic E-state index is -1.96. The van der Waals surface area contributed by atoms with Gasteiger partial charge in [0.05, 0.1) is 0 Å². The molecule has 1 fully saturated rings. The highest BCUT2D eigenvalue weighted by atomic mass is 32.4. The van der Waals surface area contributed by atoms with Crippen LogP contribution in [0.4, 0.5) is 0 Å².